The minimum Gasteiger partial charge on any atom is -0.373 e. The van der Waals surface area contributed by atoms with Crippen LogP contribution in [0.15, 0.2) is 35.7 Å². The predicted molar refractivity (Wildman–Crippen MR) is 83.3 cm³/mol. The number of carbonyl (C=O) groups excluding carboxylic acids is 1. The van der Waals surface area contributed by atoms with Crippen molar-refractivity contribution in [2.75, 3.05) is 25.0 Å². The van der Waals surface area contributed by atoms with Gasteiger partial charge in [0, 0.05) is 31.2 Å². The number of aromatic nitrogens is 1. The molecule has 0 saturated carbocycles. The van der Waals surface area contributed by atoms with E-state index in [2.05, 4.69) is 27.3 Å². The molecule has 1 heterocycles. The number of nitrogens with zero attached hydrogens (tertiary/aromatic N) is 2. The molecular formula is C15H19N3OS. The van der Waals surface area contributed by atoms with Crippen LogP contribution in [-0.2, 0) is 11.2 Å². The van der Waals surface area contributed by atoms with Gasteiger partial charge in [0.25, 0.3) is 0 Å². The summed E-state index contributed by atoms with van der Waals surface area (Å²) in [6, 6.07) is 10.1. The molecule has 106 valence electrons. The molecule has 2 aromatic rings. The topological polar surface area (TPSA) is 45.2 Å². The summed E-state index contributed by atoms with van der Waals surface area (Å²) in [6.45, 7) is 3.36. The highest BCUT2D eigenvalue weighted by molar-refractivity contribution is 7.09. The van der Waals surface area contributed by atoms with E-state index < -0.39 is 0 Å². The minimum absolute atomic E-state index is 0.0248. The first-order valence-corrected chi connectivity index (χ1v) is 7.47. The van der Waals surface area contributed by atoms with E-state index in [9.17, 15) is 4.79 Å². The second-order valence-electron chi connectivity index (χ2n) is 4.64. The molecule has 0 fully saturated rings. The van der Waals surface area contributed by atoms with Crippen LogP contribution >= 0.6 is 11.3 Å². The van der Waals surface area contributed by atoms with Crippen LogP contribution in [0.3, 0.4) is 0 Å². The maximum Gasteiger partial charge on any atom is 0.226 e. The summed E-state index contributed by atoms with van der Waals surface area (Å²) >= 11 is 1.57. The van der Waals surface area contributed by atoms with Gasteiger partial charge in [0.15, 0.2) is 0 Å². The minimum atomic E-state index is 0.0248. The normalized spacial score (nSPS) is 10.3. The maximum atomic E-state index is 11.8. The third kappa shape index (κ3) is 4.35. The van der Waals surface area contributed by atoms with Crippen LogP contribution in [-0.4, -0.2) is 31.0 Å². The summed E-state index contributed by atoms with van der Waals surface area (Å²) in [7, 11) is 2.02. The van der Waals surface area contributed by atoms with Gasteiger partial charge < -0.3 is 10.2 Å². The average Bonchev–Trinajstić information content (AvgIpc) is 2.85. The van der Waals surface area contributed by atoms with Gasteiger partial charge >= 0.3 is 0 Å². The molecule has 5 heteroatoms. The summed E-state index contributed by atoms with van der Waals surface area (Å²) in [5.41, 5.74) is 2.00. The lowest BCUT2D eigenvalue weighted by Crippen LogP contribution is -2.33. The van der Waals surface area contributed by atoms with E-state index in [-0.39, 0.29) is 5.91 Å². The van der Waals surface area contributed by atoms with Crippen LogP contribution in [0.4, 0.5) is 5.69 Å². The Morgan fingerprint density at radius 1 is 1.35 bits per heavy atom. The molecule has 2 rings (SSSR count). The van der Waals surface area contributed by atoms with Crippen molar-refractivity contribution in [2.45, 2.75) is 13.3 Å². The fourth-order valence-electron chi connectivity index (χ4n) is 1.89. The number of para-hydroxylation sites is 1. The number of rotatable bonds is 6. The first-order valence-electron chi connectivity index (χ1n) is 6.59. The van der Waals surface area contributed by atoms with E-state index in [1.54, 1.807) is 11.3 Å². The van der Waals surface area contributed by atoms with Crippen molar-refractivity contribution in [1.82, 2.24) is 10.3 Å². The number of thiazole rings is 1. The van der Waals surface area contributed by atoms with Crippen molar-refractivity contribution >= 4 is 22.9 Å². The summed E-state index contributed by atoms with van der Waals surface area (Å²) < 4.78 is 0. The molecule has 0 unspecified atom stereocenters. The molecule has 1 aromatic heterocycles. The Morgan fingerprint density at radius 2 is 2.10 bits per heavy atom. The fourth-order valence-corrected chi connectivity index (χ4v) is 2.50. The number of likely N-dealkylation sites (N-methyl/N-ethyl adjacent to an activating group) is 1. The molecule has 0 atom stereocenters. The molecule has 1 N–H and O–H groups in total. The van der Waals surface area contributed by atoms with E-state index >= 15 is 0 Å². The largest absolute Gasteiger partial charge is 0.373 e. The fraction of sp³-hybridized carbons (Fsp3) is 0.333. The van der Waals surface area contributed by atoms with Crippen LogP contribution in [0.25, 0.3) is 0 Å². The molecule has 1 aromatic carbocycles. The first-order chi connectivity index (χ1) is 9.65. The van der Waals surface area contributed by atoms with Gasteiger partial charge in [-0.2, -0.15) is 0 Å². The van der Waals surface area contributed by atoms with Crippen LogP contribution in [0, 0.1) is 6.92 Å². The van der Waals surface area contributed by atoms with Crippen molar-refractivity contribution < 1.29 is 4.79 Å². The lowest BCUT2D eigenvalue weighted by atomic mass is 10.3. The number of hydrogen-bond donors (Lipinski definition) is 1. The predicted octanol–water partition coefficient (Wildman–Crippen LogP) is 2.25. The molecule has 0 aliphatic rings. The zero-order chi connectivity index (χ0) is 14.4. The van der Waals surface area contributed by atoms with Crippen molar-refractivity contribution in [3.05, 3.63) is 46.4 Å². The Balaban J connectivity index is 1.71. The zero-order valence-corrected chi connectivity index (χ0v) is 12.6. The molecule has 1 amide bonds. The average molecular weight is 289 g/mol. The first kappa shape index (κ1) is 14.5. The highest BCUT2D eigenvalue weighted by atomic mass is 32.1. The molecular weight excluding hydrogens is 270 g/mol. The van der Waals surface area contributed by atoms with Gasteiger partial charge in [-0.3, -0.25) is 4.79 Å². The standard InChI is InChI=1S/C15H19N3OS/c1-12-17-13(11-20-12)10-15(19)16-8-9-18(2)14-6-4-3-5-7-14/h3-7,11H,8-10H2,1-2H3,(H,16,19). The quantitative estimate of drug-likeness (QED) is 0.887. The molecule has 0 radical (unpaired) electrons. The second-order valence-corrected chi connectivity index (χ2v) is 5.70. The van der Waals surface area contributed by atoms with Gasteiger partial charge in [-0.15, -0.1) is 11.3 Å². The van der Waals surface area contributed by atoms with E-state index in [0.29, 0.717) is 13.0 Å². The summed E-state index contributed by atoms with van der Waals surface area (Å²) in [6.07, 6.45) is 0.361. The van der Waals surface area contributed by atoms with Gasteiger partial charge in [0.1, 0.15) is 0 Å². The van der Waals surface area contributed by atoms with Crippen molar-refractivity contribution in [3.8, 4) is 0 Å². The number of anilines is 1. The monoisotopic (exact) mass is 289 g/mol. The molecule has 0 bridgehead atoms. The smallest absolute Gasteiger partial charge is 0.226 e. The Labute approximate surface area is 123 Å². The van der Waals surface area contributed by atoms with Crippen LogP contribution in [0.1, 0.15) is 10.7 Å². The number of carbonyl (C=O) groups is 1. The molecule has 4 nitrogen and oxygen atoms in total. The second kappa shape index (κ2) is 7.05. The number of nitrogens with one attached hydrogen (secondary N) is 1. The number of hydrogen-bond acceptors (Lipinski definition) is 4. The summed E-state index contributed by atoms with van der Waals surface area (Å²) in [4.78, 5) is 18.2. The van der Waals surface area contributed by atoms with Crippen molar-refractivity contribution in [1.29, 1.82) is 0 Å². The van der Waals surface area contributed by atoms with Crippen LogP contribution < -0.4 is 10.2 Å². The van der Waals surface area contributed by atoms with Crippen LogP contribution in [0.5, 0.6) is 0 Å². The zero-order valence-electron chi connectivity index (χ0n) is 11.8. The Hall–Kier alpha value is -1.88. The van der Waals surface area contributed by atoms with E-state index in [1.165, 1.54) is 0 Å². The SMILES string of the molecule is Cc1nc(CC(=O)NCCN(C)c2ccccc2)cs1. The van der Waals surface area contributed by atoms with Crippen LogP contribution in [0.2, 0.25) is 0 Å². The number of aryl methyl sites for hydroxylation is 1. The molecule has 0 aliphatic heterocycles. The summed E-state index contributed by atoms with van der Waals surface area (Å²) in [5.74, 6) is 0.0248. The van der Waals surface area contributed by atoms with Crippen molar-refractivity contribution in [2.24, 2.45) is 0 Å². The third-order valence-corrected chi connectivity index (χ3v) is 3.80. The van der Waals surface area contributed by atoms with Gasteiger partial charge in [-0.25, -0.2) is 4.98 Å². The van der Waals surface area contributed by atoms with Crippen molar-refractivity contribution in [3.63, 3.8) is 0 Å². The highest BCUT2D eigenvalue weighted by Crippen LogP contribution is 2.10. The van der Waals surface area contributed by atoms with Gasteiger partial charge in [-0.05, 0) is 19.1 Å². The van der Waals surface area contributed by atoms with Gasteiger partial charge in [0.2, 0.25) is 5.91 Å². The summed E-state index contributed by atoms with van der Waals surface area (Å²) in [5, 5.41) is 5.86. The Morgan fingerprint density at radius 3 is 2.75 bits per heavy atom. The van der Waals surface area contributed by atoms with E-state index in [4.69, 9.17) is 0 Å². The molecule has 0 spiro atoms. The maximum absolute atomic E-state index is 11.8. The number of benzene rings is 1. The molecule has 20 heavy (non-hydrogen) atoms. The lowest BCUT2D eigenvalue weighted by molar-refractivity contribution is -0.120. The van der Waals surface area contributed by atoms with E-state index in [0.717, 1.165) is 22.9 Å². The molecule has 0 saturated heterocycles. The highest BCUT2D eigenvalue weighted by Gasteiger charge is 2.06. The van der Waals surface area contributed by atoms with E-state index in [1.807, 2.05) is 37.6 Å². The number of amides is 1. The Bertz CT molecular complexity index is 553. The Kier molecular flexibility index (Phi) is 5.12. The lowest BCUT2D eigenvalue weighted by Gasteiger charge is -2.19. The molecule has 0 aliphatic carbocycles. The van der Waals surface area contributed by atoms with Gasteiger partial charge in [0.05, 0.1) is 17.1 Å². The third-order valence-electron chi connectivity index (χ3n) is 2.97. The van der Waals surface area contributed by atoms with Gasteiger partial charge in [-0.1, -0.05) is 18.2 Å².